The standard InChI is InChI=1S/C5H5ClN2O3S/c1-11-12(9,10)4-2-7-3-8-5(4)6/h2-3H,1H3. The van der Waals surface area contributed by atoms with E-state index in [2.05, 4.69) is 14.2 Å². The SMILES string of the molecule is COS(=O)(=O)c1cncnc1Cl. The van der Waals surface area contributed by atoms with E-state index in [1.54, 1.807) is 0 Å². The van der Waals surface area contributed by atoms with Crippen LogP contribution in [-0.2, 0) is 14.3 Å². The Labute approximate surface area is 74.5 Å². The largest absolute Gasteiger partial charge is 0.301 e. The molecule has 0 aliphatic rings. The summed E-state index contributed by atoms with van der Waals surface area (Å²) in [6.07, 6.45) is 2.23. The van der Waals surface area contributed by atoms with Crippen LogP contribution in [0.4, 0.5) is 0 Å². The van der Waals surface area contributed by atoms with E-state index in [1.165, 1.54) is 0 Å². The second-order valence-corrected chi connectivity index (χ2v) is 3.84. The smallest absolute Gasteiger partial charge is 0.270 e. The van der Waals surface area contributed by atoms with Gasteiger partial charge < -0.3 is 0 Å². The molecule has 7 heteroatoms. The van der Waals surface area contributed by atoms with Gasteiger partial charge in [-0.15, -0.1) is 0 Å². The Morgan fingerprint density at radius 1 is 1.58 bits per heavy atom. The summed E-state index contributed by atoms with van der Waals surface area (Å²) >= 11 is 5.48. The van der Waals surface area contributed by atoms with E-state index in [0.29, 0.717) is 0 Å². The van der Waals surface area contributed by atoms with Gasteiger partial charge in [0.25, 0.3) is 0 Å². The minimum absolute atomic E-state index is 0.146. The molecule has 0 unspecified atom stereocenters. The lowest BCUT2D eigenvalue weighted by atomic mass is 10.7. The fourth-order valence-electron chi connectivity index (χ4n) is 0.559. The van der Waals surface area contributed by atoms with Crippen molar-refractivity contribution in [3.63, 3.8) is 0 Å². The number of hydrogen-bond donors (Lipinski definition) is 0. The van der Waals surface area contributed by atoms with Gasteiger partial charge in [-0.25, -0.2) is 9.97 Å². The lowest BCUT2D eigenvalue weighted by molar-refractivity contribution is 0.397. The minimum Gasteiger partial charge on any atom is -0.270 e. The van der Waals surface area contributed by atoms with Gasteiger partial charge >= 0.3 is 10.1 Å². The van der Waals surface area contributed by atoms with E-state index in [0.717, 1.165) is 19.6 Å². The zero-order valence-corrected chi connectivity index (χ0v) is 7.63. The lowest BCUT2D eigenvalue weighted by Gasteiger charge is -2.00. The summed E-state index contributed by atoms with van der Waals surface area (Å²) in [5.74, 6) is 0. The summed E-state index contributed by atoms with van der Waals surface area (Å²) in [5, 5.41) is -0.146. The van der Waals surface area contributed by atoms with Crippen LogP contribution in [0.3, 0.4) is 0 Å². The zero-order chi connectivity index (χ0) is 9.19. The van der Waals surface area contributed by atoms with Gasteiger partial charge in [0.1, 0.15) is 11.2 Å². The molecular weight excluding hydrogens is 204 g/mol. The highest BCUT2D eigenvalue weighted by molar-refractivity contribution is 7.86. The molecule has 0 aliphatic heterocycles. The van der Waals surface area contributed by atoms with Gasteiger partial charge in [-0.3, -0.25) is 4.18 Å². The molecule has 1 heterocycles. The third-order valence-corrected chi connectivity index (χ3v) is 2.81. The Balaban J connectivity index is 3.30. The summed E-state index contributed by atoms with van der Waals surface area (Å²) in [7, 11) is -2.75. The van der Waals surface area contributed by atoms with E-state index in [9.17, 15) is 8.42 Å². The molecule has 66 valence electrons. The highest BCUT2D eigenvalue weighted by Crippen LogP contribution is 2.17. The molecule has 1 aromatic rings. The Bertz CT molecular complexity index is 378. The quantitative estimate of drug-likeness (QED) is 0.522. The van der Waals surface area contributed by atoms with E-state index >= 15 is 0 Å². The average molecular weight is 209 g/mol. The minimum atomic E-state index is -3.79. The first-order valence-corrected chi connectivity index (χ1v) is 4.62. The van der Waals surface area contributed by atoms with Crippen molar-refractivity contribution in [3.05, 3.63) is 17.7 Å². The molecule has 0 aliphatic carbocycles. The van der Waals surface area contributed by atoms with Crippen LogP contribution in [0.2, 0.25) is 5.15 Å². The fraction of sp³-hybridized carbons (Fsp3) is 0.200. The molecule has 0 aromatic carbocycles. The highest BCUT2D eigenvalue weighted by Gasteiger charge is 2.17. The molecule has 0 bridgehead atoms. The van der Waals surface area contributed by atoms with Gasteiger partial charge in [-0.2, -0.15) is 8.42 Å². The molecule has 0 saturated carbocycles. The van der Waals surface area contributed by atoms with Crippen LogP contribution in [0.25, 0.3) is 0 Å². The Morgan fingerprint density at radius 3 is 2.75 bits per heavy atom. The van der Waals surface area contributed by atoms with Crippen LogP contribution in [0.15, 0.2) is 17.4 Å². The first-order valence-electron chi connectivity index (χ1n) is 2.84. The topological polar surface area (TPSA) is 69.2 Å². The Hall–Kier alpha value is -0.720. The maximum absolute atomic E-state index is 11.0. The summed E-state index contributed by atoms with van der Waals surface area (Å²) < 4.78 is 26.3. The highest BCUT2D eigenvalue weighted by atomic mass is 35.5. The summed E-state index contributed by atoms with van der Waals surface area (Å²) in [4.78, 5) is 6.77. The molecule has 0 amide bonds. The Morgan fingerprint density at radius 2 is 2.25 bits per heavy atom. The van der Waals surface area contributed by atoms with Crippen molar-refractivity contribution in [3.8, 4) is 0 Å². The van der Waals surface area contributed by atoms with Crippen LogP contribution in [-0.4, -0.2) is 25.5 Å². The first kappa shape index (κ1) is 9.37. The van der Waals surface area contributed by atoms with Crippen molar-refractivity contribution in [1.82, 2.24) is 9.97 Å². The van der Waals surface area contributed by atoms with Crippen LogP contribution in [0.5, 0.6) is 0 Å². The number of nitrogens with zero attached hydrogens (tertiary/aromatic N) is 2. The molecular formula is C5H5ClN2O3S. The molecule has 0 fully saturated rings. The van der Waals surface area contributed by atoms with Gasteiger partial charge in [-0.05, 0) is 0 Å². The second kappa shape index (κ2) is 3.34. The van der Waals surface area contributed by atoms with Crippen LogP contribution >= 0.6 is 11.6 Å². The molecule has 1 rings (SSSR count). The van der Waals surface area contributed by atoms with Gasteiger partial charge in [-0.1, -0.05) is 11.6 Å². The first-order chi connectivity index (χ1) is 5.58. The Kier molecular flexibility index (Phi) is 2.61. The summed E-state index contributed by atoms with van der Waals surface area (Å²) in [6.45, 7) is 0. The fourth-order valence-corrected chi connectivity index (χ4v) is 1.56. The molecule has 12 heavy (non-hydrogen) atoms. The third kappa shape index (κ3) is 1.71. The van der Waals surface area contributed by atoms with Crippen molar-refractivity contribution in [2.24, 2.45) is 0 Å². The van der Waals surface area contributed by atoms with Gasteiger partial charge in [0.15, 0.2) is 5.15 Å². The number of aromatic nitrogens is 2. The molecule has 0 N–H and O–H groups in total. The molecule has 0 spiro atoms. The molecule has 0 atom stereocenters. The van der Waals surface area contributed by atoms with Gasteiger partial charge in [0.2, 0.25) is 0 Å². The predicted octanol–water partition coefficient (Wildman–Crippen LogP) is 0.465. The maximum atomic E-state index is 11.0. The van der Waals surface area contributed by atoms with Crippen LogP contribution < -0.4 is 0 Å². The predicted molar refractivity (Wildman–Crippen MR) is 41.2 cm³/mol. The molecule has 0 radical (unpaired) electrons. The summed E-state index contributed by atoms with van der Waals surface area (Å²) in [5.41, 5.74) is 0. The van der Waals surface area contributed by atoms with Crippen molar-refractivity contribution >= 4 is 21.7 Å². The van der Waals surface area contributed by atoms with Crippen LogP contribution in [0, 0.1) is 0 Å². The number of halogens is 1. The van der Waals surface area contributed by atoms with Crippen molar-refractivity contribution in [1.29, 1.82) is 0 Å². The molecule has 1 aromatic heterocycles. The second-order valence-electron chi connectivity index (χ2n) is 1.80. The van der Waals surface area contributed by atoms with Crippen molar-refractivity contribution < 1.29 is 12.6 Å². The van der Waals surface area contributed by atoms with Gasteiger partial charge in [0, 0.05) is 0 Å². The van der Waals surface area contributed by atoms with E-state index in [1.807, 2.05) is 0 Å². The van der Waals surface area contributed by atoms with E-state index in [4.69, 9.17) is 11.6 Å². The molecule has 0 saturated heterocycles. The van der Waals surface area contributed by atoms with Crippen molar-refractivity contribution in [2.45, 2.75) is 4.90 Å². The van der Waals surface area contributed by atoms with E-state index < -0.39 is 10.1 Å². The van der Waals surface area contributed by atoms with Gasteiger partial charge in [0.05, 0.1) is 13.3 Å². The number of rotatable bonds is 2. The van der Waals surface area contributed by atoms with E-state index in [-0.39, 0.29) is 10.0 Å². The third-order valence-electron chi connectivity index (χ3n) is 1.12. The summed E-state index contributed by atoms with van der Waals surface area (Å²) in [6, 6.07) is 0. The maximum Gasteiger partial charge on any atom is 0.301 e. The number of hydrogen-bond acceptors (Lipinski definition) is 5. The normalized spacial score (nSPS) is 11.5. The monoisotopic (exact) mass is 208 g/mol. The molecule has 5 nitrogen and oxygen atoms in total. The van der Waals surface area contributed by atoms with Crippen LogP contribution in [0.1, 0.15) is 0 Å². The zero-order valence-electron chi connectivity index (χ0n) is 6.06. The lowest BCUT2D eigenvalue weighted by Crippen LogP contribution is -2.04. The van der Waals surface area contributed by atoms with Crippen molar-refractivity contribution in [2.75, 3.05) is 7.11 Å². The average Bonchev–Trinajstić information content (AvgIpc) is 2.05.